The van der Waals surface area contributed by atoms with Crippen LogP contribution in [-0.4, -0.2) is 47.3 Å². The van der Waals surface area contributed by atoms with Crippen molar-refractivity contribution in [3.63, 3.8) is 0 Å². The Morgan fingerprint density at radius 1 is 1.10 bits per heavy atom. The molecule has 30 heavy (non-hydrogen) atoms. The van der Waals surface area contributed by atoms with Crippen LogP contribution in [0, 0.1) is 20.8 Å². The molecule has 0 bridgehead atoms. The minimum Gasteiger partial charge on any atom is -0.379 e. The molecule has 1 aliphatic rings. The summed E-state index contributed by atoms with van der Waals surface area (Å²) in [7, 11) is 0. The molecule has 1 saturated heterocycles. The Labute approximate surface area is 186 Å². The van der Waals surface area contributed by atoms with Gasteiger partial charge < -0.3 is 4.74 Å². The summed E-state index contributed by atoms with van der Waals surface area (Å²) in [6, 6.07) is 8.57. The minimum absolute atomic E-state index is 0.107. The molecular weight excluding hydrogens is 414 g/mol. The highest BCUT2D eigenvalue weighted by Crippen LogP contribution is 2.29. The number of hydrogen-bond donors (Lipinski definition) is 0. The Hall–Kier alpha value is -1.67. The number of thiophene rings is 1. The van der Waals surface area contributed by atoms with Crippen molar-refractivity contribution in [1.29, 1.82) is 0 Å². The molecule has 0 spiro atoms. The van der Waals surface area contributed by atoms with Gasteiger partial charge in [0.15, 0.2) is 5.16 Å². The van der Waals surface area contributed by atoms with Crippen molar-refractivity contribution in [2.24, 2.45) is 0 Å². The first-order chi connectivity index (χ1) is 14.5. The second-order valence-electron chi connectivity index (χ2n) is 7.90. The molecular formula is C23H29N3O2S2. The molecule has 0 saturated carbocycles. The number of fused-ring (bicyclic) bond motifs is 1. The fraction of sp³-hybridized carbons (Fsp3) is 0.478. The van der Waals surface area contributed by atoms with Gasteiger partial charge in [0.25, 0.3) is 5.56 Å². The molecule has 160 valence electrons. The van der Waals surface area contributed by atoms with Gasteiger partial charge in [0.1, 0.15) is 4.83 Å². The van der Waals surface area contributed by atoms with Crippen LogP contribution in [0.15, 0.2) is 34.2 Å². The molecule has 0 aliphatic carbocycles. The lowest BCUT2D eigenvalue weighted by Crippen LogP contribution is -2.37. The van der Waals surface area contributed by atoms with Crippen LogP contribution in [0.25, 0.3) is 10.2 Å². The molecule has 4 rings (SSSR count). The molecule has 0 atom stereocenters. The number of aromatic nitrogens is 2. The van der Waals surface area contributed by atoms with Gasteiger partial charge in [-0.1, -0.05) is 41.6 Å². The number of benzene rings is 1. The van der Waals surface area contributed by atoms with Crippen LogP contribution in [0.5, 0.6) is 0 Å². The average Bonchev–Trinajstić information content (AvgIpc) is 3.04. The molecule has 5 nitrogen and oxygen atoms in total. The van der Waals surface area contributed by atoms with E-state index in [0.29, 0.717) is 6.54 Å². The fourth-order valence-corrected chi connectivity index (χ4v) is 5.78. The normalized spacial score (nSPS) is 15.2. The van der Waals surface area contributed by atoms with Gasteiger partial charge in [-0.3, -0.25) is 14.3 Å². The van der Waals surface area contributed by atoms with Crippen molar-refractivity contribution in [3.05, 3.63) is 56.2 Å². The Bertz CT molecular complexity index is 1070. The predicted octanol–water partition coefficient (Wildman–Crippen LogP) is 4.40. The fourth-order valence-electron chi connectivity index (χ4n) is 3.73. The lowest BCUT2D eigenvalue weighted by Gasteiger charge is -2.26. The molecule has 7 heteroatoms. The third kappa shape index (κ3) is 4.80. The number of morpholine rings is 1. The lowest BCUT2D eigenvalue weighted by molar-refractivity contribution is 0.0368. The summed E-state index contributed by atoms with van der Waals surface area (Å²) < 4.78 is 7.34. The first-order valence-corrected chi connectivity index (χ1v) is 12.3. The van der Waals surface area contributed by atoms with E-state index in [0.717, 1.165) is 66.0 Å². The number of ether oxygens (including phenoxy) is 1. The number of nitrogens with zero attached hydrogens (tertiary/aromatic N) is 3. The summed E-state index contributed by atoms with van der Waals surface area (Å²) in [5.41, 5.74) is 3.69. The molecule has 0 N–H and O–H groups in total. The van der Waals surface area contributed by atoms with Gasteiger partial charge in [0, 0.05) is 36.8 Å². The zero-order chi connectivity index (χ0) is 21.1. The highest BCUT2D eigenvalue weighted by atomic mass is 32.2. The predicted molar refractivity (Wildman–Crippen MR) is 126 cm³/mol. The van der Waals surface area contributed by atoms with Crippen LogP contribution < -0.4 is 5.56 Å². The summed E-state index contributed by atoms with van der Waals surface area (Å²) >= 11 is 3.29. The first kappa shape index (κ1) is 21.6. The standard InChI is InChI=1S/C23H29N3O2S2/c1-16-5-7-19(8-6-16)15-29-23-24-21-20(17(2)18(3)30-21)22(27)26(23)10-4-9-25-11-13-28-14-12-25/h5-8H,4,9-15H2,1-3H3. The van der Waals surface area contributed by atoms with E-state index in [1.165, 1.54) is 16.0 Å². The summed E-state index contributed by atoms with van der Waals surface area (Å²) in [6.07, 6.45) is 0.938. The van der Waals surface area contributed by atoms with E-state index >= 15 is 0 Å². The quantitative estimate of drug-likeness (QED) is 0.400. The Kier molecular flexibility index (Phi) is 6.93. The third-order valence-electron chi connectivity index (χ3n) is 5.70. The van der Waals surface area contributed by atoms with Crippen molar-refractivity contribution in [2.75, 3.05) is 32.8 Å². The maximum atomic E-state index is 13.4. The van der Waals surface area contributed by atoms with Gasteiger partial charge in [-0.15, -0.1) is 11.3 Å². The summed E-state index contributed by atoms with van der Waals surface area (Å²) in [5, 5.41) is 1.62. The van der Waals surface area contributed by atoms with Crippen LogP contribution in [0.3, 0.4) is 0 Å². The number of thioether (sulfide) groups is 1. The van der Waals surface area contributed by atoms with Crippen LogP contribution in [0.4, 0.5) is 0 Å². The van der Waals surface area contributed by atoms with E-state index in [9.17, 15) is 4.79 Å². The van der Waals surface area contributed by atoms with Crippen molar-refractivity contribution < 1.29 is 4.74 Å². The SMILES string of the molecule is Cc1ccc(CSc2nc3sc(C)c(C)c3c(=O)n2CCCN2CCOCC2)cc1. The van der Waals surface area contributed by atoms with Crippen LogP contribution in [0.1, 0.15) is 28.0 Å². The second kappa shape index (κ2) is 9.64. The van der Waals surface area contributed by atoms with Crippen molar-refractivity contribution in [1.82, 2.24) is 14.5 Å². The monoisotopic (exact) mass is 443 g/mol. The smallest absolute Gasteiger partial charge is 0.263 e. The van der Waals surface area contributed by atoms with E-state index in [4.69, 9.17) is 9.72 Å². The molecule has 2 aromatic heterocycles. The molecule has 3 aromatic rings. The van der Waals surface area contributed by atoms with Crippen LogP contribution in [-0.2, 0) is 17.0 Å². The van der Waals surface area contributed by atoms with E-state index in [1.54, 1.807) is 23.1 Å². The number of hydrogen-bond acceptors (Lipinski definition) is 6. The molecule has 0 amide bonds. The van der Waals surface area contributed by atoms with Gasteiger partial charge in [-0.25, -0.2) is 4.98 Å². The Morgan fingerprint density at radius 3 is 2.57 bits per heavy atom. The Balaban J connectivity index is 1.58. The van der Waals surface area contributed by atoms with Gasteiger partial charge in [0.2, 0.25) is 0 Å². The third-order valence-corrected chi connectivity index (χ3v) is 7.85. The summed E-state index contributed by atoms with van der Waals surface area (Å²) in [6.45, 7) is 11.4. The lowest BCUT2D eigenvalue weighted by atomic mass is 10.2. The van der Waals surface area contributed by atoms with E-state index in [2.05, 4.69) is 43.0 Å². The highest BCUT2D eigenvalue weighted by molar-refractivity contribution is 7.98. The van der Waals surface area contributed by atoms with Gasteiger partial charge in [-0.05, 0) is 38.3 Å². The zero-order valence-electron chi connectivity index (χ0n) is 17.9. The number of aryl methyl sites for hydroxylation is 3. The van der Waals surface area contributed by atoms with E-state index < -0.39 is 0 Å². The average molecular weight is 444 g/mol. The van der Waals surface area contributed by atoms with Crippen molar-refractivity contribution >= 4 is 33.3 Å². The highest BCUT2D eigenvalue weighted by Gasteiger charge is 2.17. The van der Waals surface area contributed by atoms with Crippen LogP contribution >= 0.6 is 23.1 Å². The molecule has 0 unspecified atom stereocenters. The number of rotatable bonds is 7. The summed E-state index contributed by atoms with van der Waals surface area (Å²) in [4.78, 5) is 22.8. The second-order valence-corrected chi connectivity index (χ2v) is 10.0. The minimum atomic E-state index is 0.107. The van der Waals surface area contributed by atoms with E-state index in [1.807, 2.05) is 11.5 Å². The molecule has 1 aliphatic heterocycles. The molecule has 1 fully saturated rings. The topological polar surface area (TPSA) is 47.4 Å². The Morgan fingerprint density at radius 2 is 1.83 bits per heavy atom. The molecule has 3 heterocycles. The van der Waals surface area contributed by atoms with Gasteiger partial charge >= 0.3 is 0 Å². The molecule has 0 radical (unpaired) electrons. The van der Waals surface area contributed by atoms with Crippen molar-refractivity contribution in [3.8, 4) is 0 Å². The van der Waals surface area contributed by atoms with Crippen molar-refractivity contribution in [2.45, 2.75) is 44.6 Å². The largest absolute Gasteiger partial charge is 0.379 e. The molecule has 1 aromatic carbocycles. The summed E-state index contributed by atoms with van der Waals surface area (Å²) in [5.74, 6) is 0.811. The maximum absolute atomic E-state index is 13.4. The first-order valence-electron chi connectivity index (χ1n) is 10.5. The van der Waals surface area contributed by atoms with E-state index in [-0.39, 0.29) is 5.56 Å². The maximum Gasteiger partial charge on any atom is 0.263 e. The van der Waals surface area contributed by atoms with Gasteiger partial charge in [0.05, 0.1) is 18.6 Å². The van der Waals surface area contributed by atoms with Gasteiger partial charge in [-0.2, -0.15) is 0 Å². The van der Waals surface area contributed by atoms with Crippen LogP contribution in [0.2, 0.25) is 0 Å². The zero-order valence-corrected chi connectivity index (χ0v) is 19.6.